The number of hydrogen-bond donors (Lipinski definition) is 1. The van der Waals surface area contributed by atoms with Crippen molar-refractivity contribution >= 4 is 17.9 Å². The van der Waals surface area contributed by atoms with Gasteiger partial charge in [0.15, 0.2) is 0 Å². The molecule has 0 atom stereocenters. The molecule has 0 spiro atoms. The van der Waals surface area contributed by atoms with Crippen molar-refractivity contribution in [2.45, 2.75) is 12.8 Å². The molecule has 18 heavy (non-hydrogen) atoms. The Kier molecular flexibility index (Phi) is 6.50. The van der Waals surface area contributed by atoms with Crippen molar-refractivity contribution in [3.63, 3.8) is 0 Å². The maximum atomic E-state index is 10.8. The summed E-state index contributed by atoms with van der Waals surface area (Å²) < 4.78 is 0. The van der Waals surface area contributed by atoms with Gasteiger partial charge in [-0.15, -0.1) is 19.8 Å². The fraction of sp³-hybridized carbons (Fsp3) is 0.500. The van der Waals surface area contributed by atoms with Crippen LogP contribution in [0.4, 0.5) is 0 Å². The second-order valence-electron chi connectivity index (χ2n) is 2.50. The molecule has 0 aromatic carbocycles. The highest BCUT2D eigenvalue weighted by Crippen LogP contribution is 1.97. The molecule has 0 aromatic rings. The highest BCUT2D eigenvalue weighted by atomic mass is 17.0. The zero-order valence-electron chi connectivity index (χ0n) is 8.64. The highest BCUT2D eigenvalue weighted by molar-refractivity contribution is 5.76. The molecule has 0 aliphatic rings. The summed E-state index contributed by atoms with van der Waals surface area (Å²) in [6, 6.07) is 0. The molecular formula is C6H7N2O10+. The summed E-state index contributed by atoms with van der Waals surface area (Å²) in [7, 11) is 0. The van der Waals surface area contributed by atoms with Crippen LogP contribution in [0.1, 0.15) is 12.8 Å². The standard InChI is InChI=1S/C6H7N2O10/c9-3-6(12)18-8(15)17-5(11)2-1-4(10)16-7(13)14/h9H,1-3H2/q+1. The molecule has 0 rings (SSSR count). The maximum Gasteiger partial charge on any atom is 0.495 e. The Morgan fingerprint density at radius 3 is 1.83 bits per heavy atom. The van der Waals surface area contributed by atoms with Crippen LogP contribution in [0, 0.1) is 15.0 Å². The molecule has 100 valence electrons. The van der Waals surface area contributed by atoms with Crippen molar-refractivity contribution in [1.29, 1.82) is 0 Å². The van der Waals surface area contributed by atoms with E-state index in [1.807, 2.05) is 0 Å². The molecule has 0 fully saturated rings. The van der Waals surface area contributed by atoms with Crippen LogP contribution < -0.4 is 0 Å². The molecule has 0 unspecified atom stereocenters. The number of hydrogen-bond acceptors (Lipinski definition) is 10. The lowest BCUT2D eigenvalue weighted by Crippen LogP contribution is -2.22. The topological polar surface area (TPSA) is 162 Å². The normalized spacial score (nSPS) is 9.17. The van der Waals surface area contributed by atoms with E-state index in [0.29, 0.717) is 0 Å². The summed E-state index contributed by atoms with van der Waals surface area (Å²) in [5, 5.41) is 15.6. The summed E-state index contributed by atoms with van der Waals surface area (Å²) in [5.41, 5.74) is 0. The highest BCUT2D eigenvalue weighted by Gasteiger charge is 2.25. The molecule has 0 radical (unpaired) electrons. The van der Waals surface area contributed by atoms with E-state index in [9.17, 15) is 29.4 Å². The SMILES string of the molecule is O=C(CCC(=O)O[N+](=O)OC(=O)CO)O[N+](=O)[O-]. The fourth-order valence-electron chi connectivity index (χ4n) is 0.592. The number of aliphatic hydroxyl groups excluding tert-OH is 1. The summed E-state index contributed by atoms with van der Waals surface area (Å²) in [6.07, 6.45) is -1.41. The molecule has 0 aromatic heterocycles. The minimum absolute atomic E-state index is 0.706. The lowest BCUT2D eigenvalue weighted by Gasteiger charge is -1.94. The van der Waals surface area contributed by atoms with E-state index in [4.69, 9.17) is 5.11 Å². The first-order valence-electron chi connectivity index (χ1n) is 4.20. The average molecular weight is 267 g/mol. The molecule has 0 aliphatic carbocycles. The number of nitrogens with zero attached hydrogens (tertiary/aromatic N) is 2. The van der Waals surface area contributed by atoms with Gasteiger partial charge in [-0.05, 0) is 0 Å². The van der Waals surface area contributed by atoms with Crippen LogP contribution in [-0.4, -0.2) is 39.8 Å². The number of rotatable bonds is 7. The number of carbonyl (C=O) groups excluding carboxylic acids is 3. The molecule has 0 saturated heterocycles. The third kappa shape index (κ3) is 7.63. The molecule has 12 nitrogen and oxygen atoms in total. The molecule has 0 heterocycles. The first-order valence-corrected chi connectivity index (χ1v) is 4.20. The van der Waals surface area contributed by atoms with Crippen molar-refractivity contribution in [2.24, 2.45) is 0 Å². The predicted octanol–water partition coefficient (Wildman–Crippen LogP) is -1.81. The van der Waals surface area contributed by atoms with Gasteiger partial charge < -0.3 is 5.11 Å². The summed E-state index contributed by atoms with van der Waals surface area (Å²) in [4.78, 5) is 62.9. The van der Waals surface area contributed by atoms with Crippen LogP contribution in [0.25, 0.3) is 0 Å². The number of carbonyl (C=O) groups is 3. The Labute approximate surface area is 97.6 Å². The Balaban J connectivity index is 3.91. The van der Waals surface area contributed by atoms with Crippen molar-refractivity contribution in [3.05, 3.63) is 15.0 Å². The minimum atomic E-state index is -1.37. The molecule has 1 N–H and O–H groups in total. The van der Waals surface area contributed by atoms with Gasteiger partial charge in [0.2, 0.25) is 0 Å². The van der Waals surface area contributed by atoms with E-state index in [2.05, 4.69) is 14.5 Å². The molecule has 0 aliphatic heterocycles. The van der Waals surface area contributed by atoms with Gasteiger partial charge in [0.05, 0.1) is 6.42 Å². The van der Waals surface area contributed by atoms with Crippen LogP contribution in [0.15, 0.2) is 0 Å². The Hall–Kier alpha value is -2.63. The zero-order valence-corrected chi connectivity index (χ0v) is 8.64. The maximum absolute atomic E-state index is 10.8. The van der Waals surface area contributed by atoms with Gasteiger partial charge in [-0.2, -0.15) is 0 Å². The average Bonchev–Trinajstić information content (AvgIpc) is 2.25. The lowest BCUT2D eigenvalue weighted by molar-refractivity contribution is -0.945. The van der Waals surface area contributed by atoms with Gasteiger partial charge in [-0.1, -0.05) is 0 Å². The van der Waals surface area contributed by atoms with Crippen molar-refractivity contribution in [2.75, 3.05) is 6.61 Å². The van der Waals surface area contributed by atoms with E-state index in [0.717, 1.165) is 0 Å². The van der Waals surface area contributed by atoms with Crippen LogP contribution in [0.5, 0.6) is 0 Å². The monoisotopic (exact) mass is 267 g/mol. The van der Waals surface area contributed by atoms with E-state index in [1.165, 1.54) is 0 Å². The van der Waals surface area contributed by atoms with Gasteiger partial charge in [0, 0.05) is 6.42 Å². The van der Waals surface area contributed by atoms with Crippen molar-refractivity contribution < 1.29 is 44.2 Å². The Bertz CT molecular complexity index is 377. The van der Waals surface area contributed by atoms with Gasteiger partial charge in [-0.3, -0.25) is 4.79 Å². The molecule has 0 saturated carbocycles. The number of aliphatic hydroxyl groups is 1. The molecule has 0 amide bonds. The third-order valence-corrected chi connectivity index (χ3v) is 1.19. The van der Waals surface area contributed by atoms with Crippen LogP contribution in [-0.2, 0) is 28.9 Å². The van der Waals surface area contributed by atoms with Crippen LogP contribution in [0.3, 0.4) is 0 Å². The quantitative estimate of drug-likeness (QED) is 0.410. The fourth-order valence-corrected chi connectivity index (χ4v) is 0.592. The van der Waals surface area contributed by atoms with Gasteiger partial charge in [0.1, 0.15) is 11.5 Å². The largest absolute Gasteiger partial charge is 0.495 e. The minimum Gasteiger partial charge on any atom is -0.384 e. The first-order chi connectivity index (χ1) is 8.35. The van der Waals surface area contributed by atoms with E-state index >= 15 is 0 Å². The van der Waals surface area contributed by atoms with E-state index in [-0.39, 0.29) is 0 Å². The first kappa shape index (κ1) is 15.4. The smallest absolute Gasteiger partial charge is 0.384 e. The lowest BCUT2D eigenvalue weighted by atomic mass is 10.3. The van der Waals surface area contributed by atoms with Gasteiger partial charge >= 0.3 is 28.1 Å². The summed E-state index contributed by atoms with van der Waals surface area (Å²) >= 11 is 0. The molecular weight excluding hydrogens is 260 g/mol. The Morgan fingerprint density at radius 2 is 1.39 bits per heavy atom. The Morgan fingerprint density at radius 1 is 0.944 bits per heavy atom. The van der Waals surface area contributed by atoms with Crippen molar-refractivity contribution in [3.8, 4) is 0 Å². The van der Waals surface area contributed by atoms with Crippen molar-refractivity contribution in [1.82, 2.24) is 0 Å². The zero-order chi connectivity index (χ0) is 14.1. The van der Waals surface area contributed by atoms with E-state index < -0.39 is 47.5 Å². The molecule has 0 bridgehead atoms. The summed E-state index contributed by atoms with van der Waals surface area (Å²) in [6.45, 7) is -1.11. The van der Waals surface area contributed by atoms with E-state index in [1.54, 1.807) is 0 Å². The second kappa shape index (κ2) is 7.61. The van der Waals surface area contributed by atoms with Crippen LogP contribution >= 0.6 is 0 Å². The van der Waals surface area contributed by atoms with Gasteiger partial charge in [-0.25, -0.2) is 14.4 Å². The third-order valence-electron chi connectivity index (χ3n) is 1.19. The van der Waals surface area contributed by atoms with Gasteiger partial charge in [0.25, 0.3) is 0 Å². The summed E-state index contributed by atoms with van der Waals surface area (Å²) in [5.74, 6) is -3.98. The predicted molar refractivity (Wildman–Crippen MR) is 45.2 cm³/mol. The van der Waals surface area contributed by atoms with Crippen LogP contribution in [0.2, 0.25) is 0 Å². The molecule has 12 heteroatoms. The second-order valence-corrected chi connectivity index (χ2v) is 2.50.